The van der Waals surface area contributed by atoms with Gasteiger partial charge in [0.2, 0.25) is 0 Å². The highest BCUT2D eigenvalue weighted by atomic mass is 15.2. The lowest BCUT2D eigenvalue weighted by Crippen LogP contribution is -2.36. The number of rotatable bonds is 2. The lowest BCUT2D eigenvalue weighted by Gasteiger charge is -2.34. The zero-order valence-corrected chi connectivity index (χ0v) is 10.2. The summed E-state index contributed by atoms with van der Waals surface area (Å²) in [7, 11) is 0. The molecule has 88 valence electrons. The molecule has 0 amide bonds. The molecule has 2 heterocycles. The lowest BCUT2D eigenvalue weighted by molar-refractivity contribution is 0.403. The van der Waals surface area contributed by atoms with E-state index in [2.05, 4.69) is 16.8 Å². The molecule has 0 saturated carbocycles. The average Bonchev–Trinajstić information content (AvgIpc) is 2.33. The highest BCUT2D eigenvalue weighted by Crippen LogP contribution is 2.28. The van der Waals surface area contributed by atoms with Crippen molar-refractivity contribution >= 4 is 11.5 Å². The molecule has 1 aromatic heterocycles. The van der Waals surface area contributed by atoms with Crippen LogP contribution in [-0.4, -0.2) is 18.1 Å². The lowest BCUT2D eigenvalue weighted by atomic mass is 9.95. The van der Waals surface area contributed by atoms with E-state index in [0.29, 0.717) is 0 Å². The number of hydrogen-bond acceptors (Lipinski definition) is 3. The molecular weight excluding hydrogens is 198 g/mol. The maximum atomic E-state index is 6.10. The fourth-order valence-electron chi connectivity index (χ4n) is 2.40. The molecule has 0 spiro atoms. The third kappa shape index (κ3) is 2.13. The summed E-state index contributed by atoms with van der Waals surface area (Å²) >= 11 is 0. The molecule has 0 aliphatic carbocycles. The second-order valence-electron chi connectivity index (χ2n) is 4.73. The van der Waals surface area contributed by atoms with Gasteiger partial charge in [-0.1, -0.05) is 13.3 Å². The van der Waals surface area contributed by atoms with Gasteiger partial charge < -0.3 is 10.6 Å². The molecule has 0 bridgehead atoms. The van der Waals surface area contributed by atoms with E-state index in [1.807, 2.05) is 19.2 Å². The Morgan fingerprint density at radius 2 is 2.38 bits per heavy atom. The molecule has 1 atom stereocenters. The van der Waals surface area contributed by atoms with Crippen molar-refractivity contribution in [2.24, 2.45) is 5.92 Å². The van der Waals surface area contributed by atoms with Crippen LogP contribution in [0.3, 0.4) is 0 Å². The summed E-state index contributed by atoms with van der Waals surface area (Å²) in [5.41, 5.74) is 8.07. The van der Waals surface area contributed by atoms with Gasteiger partial charge in [0.25, 0.3) is 0 Å². The minimum atomic E-state index is 0.801. The van der Waals surface area contributed by atoms with Crippen LogP contribution >= 0.6 is 0 Å². The first kappa shape index (κ1) is 11.2. The van der Waals surface area contributed by atoms with Crippen molar-refractivity contribution in [2.45, 2.75) is 33.1 Å². The molecule has 1 fully saturated rings. The number of nitrogen functional groups attached to an aromatic ring is 1. The van der Waals surface area contributed by atoms with Crippen LogP contribution in [0.25, 0.3) is 0 Å². The summed E-state index contributed by atoms with van der Waals surface area (Å²) in [5, 5.41) is 0. The summed E-state index contributed by atoms with van der Waals surface area (Å²) < 4.78 is 0. The van der Waals surface area contributed by atoms with Crippen molar-refractivity contribution in [3.8, 4) is 0 Å². The first-order valence-electron chi connectivity index (χ1n) is 6.18. The Morgan fingerprint density at radius 3 is 3.12 bits per heavy atom. The van der Waals surface area contributed by atoms with Crippen LogP contribution in [0.1, 0.15) is 31.7 Å². The SMILES string of the molecule is CCC1CCCN(c2nccc(C)c2N)C1. The van der Waals surface area contributed by atoms with Crippen molar-refractivity contribution in [2.75, 3.05) is 23.7 Å². The molecule has 16 heavy (non-hydrogen) atoms. The van der Waals surface area contributed by atoms with Crippen LogP contribution < -0.4 is 10.6 Å². The van der Waals surface area contributed by atoms with Gasteiger partial charge in [-0.15, -0.1) is 0 Å². The van der Waals surface area contributed by atoms with E-state index in [9.17, 15) is 0 Å². The van der Waals surface area contributed by atoms with Gasteiger partial charge in [-0.25, -0.2) is 4.98 Å². The van der Waals surface area contributed by atoms with E-state index in [1.165, 1.54) is 19.3 Å². The summed E-state index contributed by atoms with van der Waals surface area (Å²) in [4.78, 5) is 6.78. The minimum absolute atomic E-state index is 0.801. The van der Waals surface area contributed by atoms with Crippen molar-refractivity contribution in [1.29, 1.82) is 0 Å². The van der Waals surface area contributed by atoms with Gasteiger partial charge in [0.1, 0.15) is 0 Å². The zero-order valence-electron chi connectivity index (χ0n) is 10.2. The Labute approximate surface area is 97.7 Å². The number of aromatic nitrogens is 1. The molecule has 1 aromatic rings. The van der Waals surface area contributed by atoms with Crippen LogP contribution in [0.4, 0.5) is 11.5 Å². The second kappa shape index (κ2) is 4.73. The van der Waals surface area contributed by atoms with Crippen LogP contribution in [0.15, 0.2) is 12.3 Å². The number of pyridine rings is 1. The maximum absolute atomic E-state index is 6.10. The summed E-state index contributed by atoms with van der Waals surface area (Å²) in [6.07, 6.45) is 5.71. The molecule has 1 aliphatic rings. The van der Waals surface area contributed by atoms with Crippen molar-refractivity contribution < 1.29 is 0 Å². The van der Waals surface area contributed by atoms with E-state index in [-0.39, 0.29) is 0 Å². The number of nitrogens with zero attached hydrogens (tertiary/aromatic N) is 2. The standard InChI is InChI=1S/C13H21N3/c1-3-11-5-4-8-16(9-11)13-12(14)10(2)6-7-15-13/h6-7,11H,3-5,8-9,14H2,1-2H3. The number of piperidine rings is 1. The number of hydrogen-bond donors (Lipinski definition) is 1. The van der Waals surface area contributed by atoms with E-state index < -0.39 is 0 Å². The highest BCUT2D eigenvalue weighted by Gasteiger charge is 2.21. The Morgan fingerprint density at radius 1 is 1.56 bits per heavy atom. The highest BCUT2D eigenvalue weighted by molar-refractivity contribution is 5.66. The Kier molecular flexibility index (Phi) is 3.32. The molecule has 2 rings (SSSR count). The molecular formula is C13H21N3. The number of nitrogens with two attached hydrogens (primary N) is 1. The van der Waals surface area contributed by atoms with Gasteiger partial charge in [-0.3, -0.25) is 0 Å². The predicted molar refractivity (Wildman–Crippen MR) is 68.6 cm³/mol. The number of anilines is 2. The molecule has 1 aliphatic heterocycles. The fourth-order valence-corrected chi connectivity index (χ4v) is 2.40. The molecule has 3 heteroatoms. The third-order valence-electron chi connectivity index (χ3n) is 3.58. The summed E-state index contributed by atoms with van der Waals surface area (Å²) in [6, 6.07) is 1.97. The van der Waals surface area contributed by atoms with Gasteiger partial charge >= 0.3 is 0 Å². The Bertz CT molecular complexity index is 362. The minimum Gasteiger partial charge on any atom is -0.396 e. The quantitative estimate of drug-likeness (QED) is 0.831. The molecule has 0 aromatic carbocycles. The normalized spacial score (nSPS) is 21.1. The Balaban J connectivity index is 2.20. The van der Waals surface area contributed by atoms with E-state index in [0.717, 1.165) is 36.1 Å². The topological polar surface area (TPSA) is 42.2 Å². The van der Waals surface area contributed by atoms with Gasteiger partial charge in [-0.2, -0.15) is 0 Å². The summed E-state index contributed by atoms with van der Waals surface area (Å²) in [6.45, 7) is 6.51. The third-order valence-corrected chi connectivity index (χ3v) is 3.58. The van der Waals surface area contributed by atoms with Gasteiger partial charge in [-0.05, 0) is 37.3 Å². The van der Waals surface area contributed by atoms with Gasteiger partial charge in [0, 0.05) is 19.3 Å². The predicted octanol–water partition coefficient (Wildman–Crippen LogP) is 2.60. The van der Waals surface area contributed by atoms with Gasteiger partial charge in [0.15, 0.2) is 5.82 Å². The van der Waals surface area contributed by atoms with Crippen LogP contribution in [0.5, 0.6) is 0 Å². The summed E-state index contributed by atoms with van der Waals surface area (Å²) in [5.74, 6) is 1.79. The van der Waals surface area contributed by atoms with Crippen molar-refractivity contribution in [3.05, 3.63) is 17.8 Å². The molecule has 2 N–H and O–H groups in total. The van der Waals surface area contributed by atoms with Crippen molar-refractivity contribution in [1.82, 2.24) is 4.98 Å². The zero-order chi connectivity index (χ0) is 11.5. The van der Waals surface area contributed by atoms with Gasteiger partial charge in [0.05, 0.1) is 5.69 Å². The first-order chi connectivity index (χ1) is 7.72. The fraction of sp³-hybridized carbons (Fsp3) is 0.615. The molecule has 3 nitrogen and oxygen atoms in total. The smallest absolute Gasteiger partial charge is 0.152 e. The van der Waals surface area contributed by atoms with Crippen LogP contribution in [-0.2, 0) is 0 Å². The molecule has 1 saturated heterocycles. The van der Waals surface area contributed by atoms with E-state index in [1.54, 1.807) is 0 Å². The largest absolute Gasteiger partial charge is 0.396 e. The second-order valence-corrected chi connectivity index (χ2v) is 4.73. The maximum Gasteiger partial charge on any atom is 0.152 e. The first-order valence-corrected chi connectivity index (χ1v) is 6.18. The van der Waals surface area contributed by atoms with E-state index >= 15 is 0 Å². The Hall–Kier alpha value is -1.25. The van der Waals surface area contributed by atoms with Crippen LogP contribution in [0, 0.1) is 12.8 Å². The number of aryl methyl sites for hydroxylation is 1. The van der Waals surface area contributed by atoms with Crippen molar-refractivity contribution in [3.63, 3.8) is 0 Å². The average molecular weight is 219 g/mol. The van der Waals surface area contributed by atoms with Crippen LogP contribution in [0.2, 0.25) is 0 Å². The monoisotopic (exact) mass is 219 g/mol. The van der Waals surface area contributed by atoms with E-state index in [4.69, 9.17) is 5.73 Å². The molecule has 0 radical (unpaired) electrons. The molecule has 1 unspecified atom stereocenters.